The lowest BCUT2D eigenvalue weighted by atomic mass is 10.1. The highest BCUT2D eigenvalue weighted by atomic mass is 32.2. The maximum Gasteiger partial charge on any atom is 0.309 e. The predicted octanol–water partition coefficient (Wildman–Crippen LogP) is 3.36. The van der Waals surface area contributed by atoms with E-state index in [0.29, 0.717) is 4.88 Å². The minimum atomic E-state index is -3.90. The van der Waals surface area contributed by atoms with Crippen molar-refractivity contribution < 1.29 is 22.4 Å². The van der Waals surface area contributed by atoms with Gasteiger partial charge in [-0.25, -0.2) is 12.8 Å². The largest absolute Gasteiger partial charge is 0.346 e. The van der Waals surface area contributed by atoms with E-state index in [0.717, 1.165) is 50.7 Å². The van der Waals surface area contributed by atoms with Gasteiger partial charge in [0.05, 0.1) is 4.90 Å². The van der Waals surface area contributed by atoms with E-state index < -0.39 is 32.7 Å². The second-order valence-electron chi connectivity index (χ2n) is 7.37. The summed E-state index contributed by atoms with van der Waals surface area (Å²) >= 11 is 1.24. The number of carbonyl (C=O) groups excluding carboxylic acids is 2. The van der Waals surface area contributed by atoms with Crippen molar-refractivity contribution in [3.8, 4) is 0 Å². The molecule has 1 atom stereocenters. The van der Waals surface area contributed by atoms with Gasteiger partial charge in [-0.3, -0.25) is 9.59 Å². The molecule has 30 heavy (non-hydrogen) atoms. The van der Waals surface area contributed by atoms with E-state index in [4.69, 9.17) is 0 Å². The van der Waals surface area contributed by atoms with Gasteiger partial charge in [-0.2, -0.15) is 0 Å². The lowest BCUT2D eigenvalue weighted by Crippen LogP contribution is -2.45. The van der Waals surface area contributed by atoms with Crippen molar-refractivity contribution in [3.63, 3.8) is 0 Å². The molecule has 6 nitrogen and oxygen atoms in total. The van der Waals surface area contributed by atoms with Crippen molar-refractivity contribution in [2.24, 2.45) is 0 Å². The number of thiophene rings is 1. The summed E-state index contributed by atoms with van der Waals surface area (Å²) in [5.74, 6) is -2.13. The summed E-state index contributed by atoms with van der Waals surface area (Å²) < 4.78 is 39.4. The van der Waals surface area contributed by atoms with Crippen molar-refractivity contribution in [3.05, 3.63) is 52.5 Å². The van der Waals surface area contributed by atoms with Gasteiger partial charge < -0.3 is 10.6 Å². The third-order valence-electron chi connectivity index (χ3n) is 5.22. The monoisotopic (exact) mass is 452 g/mol. The van der Waals surface area contributed by atoms with E-state index in [2.05, 4.69) is 10.6 Å². The Labute approximate surface area is 179 Å². The molecule has 1 aliphatic carbocycles. The number of halogens is 1. The van der Waals surface area contributed by atoms with E-state index in [1.807, 2.05) is 0 Å². The van der Waals surface area contributed by atoms with Gasteiger partial charge in [0.1, 0.15) is 11.1 Å². The molecule has 0 aliphatic heterocycles. The Morgan fingerprint density at radius 3 is 2.30 bits per heavy atom. The van der Waals surface area contributed by atoms with Gasteiger partial charge in [0, 0.05) is 17.5 Å². The summed E-state index contributed by atoms with van der Waals surface area (Å²) in [6.07, 6.45) is 5.97. The minimum Gasteiger partial charge on any atom is -0.346 e. The smallest absolute Gasteiger partial charge is 0.309 e. The predicted molar refractivity (Wildman–Crippen MR) is 113 cm³/mol. The number of nitrogens with one attached hydrogen (secondary N) is 2. The van der Waals surface area contributed by atoms with Crippen molar-refractivity contribution in [1.29, 1.82) is 0 Å². The molecule has 1 aliphatic rings. The molecule has 1 heterocycles. The molecule has 3 rings (SSSR count). The third kappa shape index (κ3) is 5.66. The van der Waals surface area contributed by atoms with Crippen LogP contribution in [0.4, 0.5) is 4.39 Å². The van der Waals surface area contributed by atoms with Crippen LogP contribution in [0.15, 0.2) is 46.7 Å². The summed E-state index contributed by atoms with van der Waals surface area (Å²) in [5, 5.41) is 5.89. The highest BCUT2D eigenvalue weighted by molar-refractivity contribution is 7.91. The molecule has 2 N–H and O–H groups in total. The first-order chi connectivity index (χ1) is 14.4. The quantitative estimate of drug-likeness (QED) is 0.399. The number of carbonyl (C=O) groups is 2. The second-order valence-corrected chi connectivity index (χ2v) is 10.5. The molecule has 0 saturated heterocycles. The Morgan fingerprint density at radius 1 is 1.03 bits per heavy atom. The van der Waals surface area contributed by atoms with Gasteiger partial charge in [0.2, 0.25) is 0 Å². The molecule has 162 valence electrons. The van der Waals surface area contributed by atoms with Crippen LogP contribution in [-0.4, -0.2) is 32.8 Å². The van der Waals surface area contributed by atoms with Crippen LogP contribution >= 0.6 is 11.3 Å². The Hall–Kier alpha value is -2.26. The molecule has 2 aromatic rings. The molecular weight excluding hydrogens is 427 g/mol. The molecule has 0 radical (unpaired) electrons. The molecule has 1 aromatic carbocycles. The molecule has 9 heteroatoms. The molecule has 2 amide bonds. The van der Waals surface area contributed by atoms with E-state index in [1.54, 1.807) is 17.5 Å². The summed E-state index contributed by atoms with van der Waals surface area (Å²) in [7, 11) is -3.90. The van der Waals surface area contributed by atoms with Crippen LogP contribution < -0.4 is 10.6 Å². The number of sulfone groups is 1. The van der Waals surface area contributed by atoms with Crippen LogP contribution in [0, 0.1) is 5.82 Å². The van der Waals surface area contributed by atoms with Gasteiger partial charge in [-0.15, -0.1) is 11.3 Å². The zero-order valence-corrected chi connectivity index (χ0v) is 18.1. The Morgan fingerprint density at radius 2 is 1.70 bits per heavy atom. The molecular formula is C21H25FN2O4S2. The van der Waals surface area contributed by atoms with Crippen molar-refractivity contribution in [2.75, 3.05) is 6.54 Å². The highest BCUT2D eigenvalue weighted by Crippen LogP contribution is 2.31. The molecule has 0 bridgehead atoms. The standard InChI is InChI=1S/C21H25FN2O4S2/c22-15-9-11-17(12-10-15)30(27,28)19(18-8-5-13-29-18)14-23-20(25)21(26)24-16-6-3-1-2-4-7-16/h5,8-13,16,19H,1-4,6-7,14H2,(H,23,25)(H,24,26)/t19-/m1/s1. The molecule has 1 fully saturated rings. The van der Waals surface area contributed by atoms with Crippen LogP contribution in [0.25, 0.3) is 0 Å². The lowest BCUT2D eigenvalue weighted by Gasteiger charge is -2.19. The van der Waals surface area contributed by atoms with Gasteiger partial charge in [-0.1, -0.05) is 31.7 Å². The van der Waals surface area contributed by atoms with E-state index in [1.165, 1.54) is 23.5 Å². The summed E-state index contributed by atoms with van der Waals surface area (Å²) in [6, 6.07) is 7.91. The normalized spacial score (nSPS) is 16.4. The van der Waals surface area contributed by atoms with Gasteiger partial charge in [0.15, 0.2) is 9.84 Å². The zero-order chi connectivity index (χ0) is 21.6. The van der Waals surface area contributed by atoms with Crippen molar-refractivity contribution in [1.82, 2.24) is 10.6 Å². The molecule has 1 saturated carbocycles. The number of hydrogen-bond acceptors (Lipinski definition) is 5. The van der Waals surface area contributed by atoms with Gasteiger partial charge in [0.25, 0.3) is 0 Å². The van der Waals surface area contributed by atoms with Crippen LogP contribution in [0.1, 0.15) is 48.7 Å². The molecule has 1 aromatic heterocycles. The fourth-order valence-corrected chi connectivity index (χ4v) is 6.35. The summed E-state index contributed by atoms with van der Waals surface area (Å²) in [4.78, 5) is 25.1. The maximum absolute atomic E-state index is 13.2. The summed E-state index contributed by atoms with van der Waals surface area (Å²) in [6.45, 7) is -0.253. The SMILES string of the molecule is O=C(NC[C@H](c1cccs1)S(=O)(=O)c1ccc(F)cc1)C(=O)NC1CCCCCC1. The van der Waals surface area contributed by atoms with Crippen molar-refractivity contribution in [2.45, 2.75) is 54.7 Å². The molecule has 0 unspecified atom stereocenters. The van der Waals surface area contributed by atoms with Crippen molar-refractivity contribution >= 4 is 33.0 Å². The Kier molecular flexibility index (Phi) is 7.60. The number of amides is 2. The van der Waals surface area contributed by atoms with E-state index in [9.17, 15) is 22.4 Å². The Balaban J connectivity index is 1.69. The lowest BCUT2D eigenvalue weighted by molar-refractivity contribution is -0.139. The van der Waals surface area contributed by atoms with Crippen LogP contribution in [0.2, 0.25) is 0 Å². The summed E-state index contributed by atoms with van der Waals surface area (Å²) in [5.41, 5.74) is 0. The second kappa shape index (κ2) is 10.2. The highest BCUT2D eigenvalue weighted by Gasteiger charge is 2.31. The number of hydrogen-bond donors (Lipinski definition) is 2. The third-order valence-corrected chi connectivity index (χ3v) is 8.46. The fourth-order valence-electron chi connectivity index (χ4n) is 3.57. The van der Waals surface area contributed by atoms with Crippen LogP contribution in [0.3, 0.4) is 0 Å². The van der Waals surface area contributed by atoms with Gasteiger partial charge >= 0.3 is 11.8 Å². The first kappa shape index (κ1) is 22.4. The molecule has 0 spiro atoms. The average molecular weight is 453 g/mol. The topological polar surface area (TPSA) is 92.3 Å². The average Bonchev–Trinajstić information content (AvgIpc) is 3.12. The minimum absolute atomic E-state index is 0.0261. The Bertz CT molecular complexity index is 951. The first-order valence-electron chi connectivity index (χ1n) is 9.99. The van der Waals surface area contributed by atoms with E-state index in [-0.39, 0.29) is 17.5 Å². The van der Waals surface area contributed by atoms with Crippen LogP contribution in [-0.2, 0) is 19.4 Å². The maximum atomic E-state index is 13.2. The van der Waals surface area contributed by atoms with E-state index >= 15 is 0 Å². The number of rotatable bonds is 6. The first-order valence-corrected chi connectivity index (χ1v) is 12.4. The van der Waals surface area contributed by atoms with Gasteiger partial charge in [-0.05, 0) is 48.6 Å². The number of benzene rings is 1. The van der Waals surface area contributed by atoms with Crippen LogP contribution in [0.5, 0.6) is 0 Å². The fraction of sp³-hybridized carbons (Fsp3) is 0.429. The zero-order valence-electron chi connectivity index (χ0n) is 16.5.